The van der Waals surface area contributed by atoms with Gasteiger partial charge >= 0.3 is 5.97 Å². The molecule has 1 saturated heterocycles. The van der Waals surface area contributed by atoms with Gasteiger partial charge in [0.15, 0.2) is 0 Å². The second-order valence-electron chi connectivity index (χ2n) is 6.20. The molecule has 1 aromatic carbocycles. The van der Waals surface area contributed by atoms with Crippen LogP contribution in [0.4, 0.5) is 0 Å². The highest BCUT2D eigenvalue weighted by atomic mass is 16.4. The SMILES string of the molecule is O=C(O)CN1C(=O)[C@H](N2C(=O)c3ccccc3C2=O)[C@@H]1/C=C/c1ccco1. The minimum absolute atomic E-state index is 0.237. The zero-order chi connectivity index (χ0) is 19.1. The number of aliphatic carboxylic acids is 1. The second-order valence-corrected chi connectivity index (χ2v) is 6.20. The van der Waals surface area contributed by atoms with Crippen LogP contribution in [0.5, 0.6) is 0 Å². The molecule has 2 aliphatic rings. The number of amides is 3. The van der Waals surface area contributed by atoms with E-state index in [1.807, 2.05) is 0 Å². The molecule has 3 amide bonds. The summed E-state index contributed by atoms with van der Waals surface area (Å²) in [6, 6.07) is 7.88. The third kappa shape index (κ3) is 2.62. The summed E-state index contributed by atoms with van der Waals surface area (Å²) < 4.78 is 5.20. The molecule has 0 aliphatic carbocycles. The third-order valence-electron chi connectivity index (χ3n) is 4.63. The molecule has 4 rings (SSSR count). The van der Waals surface area contributed by atoms with Crippen LogP contribution in [0.1, 0.15) is 26.5 Å². The van der Waals surface area contributed by atoms with E-state index in [0.29, 0.717) is 5.76 Å². The summed E-state index contributed by atoms with van der Waals surface area (Å²) in [6.07, 6.45) is 4.62. The number of carboxylic acids is 1. The molecule has 0 bridgehead atoms. The summed E-state index contributed by atoms with van der Waals surface area (Å²) in [5, 5.41) is 9.05. The molecule has 0 unspecified atom stereocenters. The molecule has 8 nitrogen and oxygen atoms in total. The number of rotatable bonds is 5. The highest BCUT2D eigenvalue weighted by molar-refractivity contribution is 6.23. The molecule has 1 N–H and O–H groups in total. The van der Waals surface area contributed by atoms with E-state index in [-0.39, 0.29) is 11.1 Å². The van der Waals surface area contributed by atoms with Crippen molar-refractivity contribution in [3.63, 3.8) is 0 Å². The Kier molecular flexibility index (Phi) is 3.88. The number of fused-ring (bicyclic) bond motifs is 1. The monoisotopic (exact) mass is 366 g/mol. The number of hydrogen-bond donors (Lipinski definition) is 1. The standard InChI is InChI=1S/C19H14N2O6/c22-15(23)10-20-14(8-7-11-4-3-9-27-11)16(19(20)26)21-17(24)12-5-1-2-6-13(12)18(21)25/h1-9,14,16H,10H2,(H,22,23)/b8-7+/t14-,16+/m0/s1. The maximum Gasteiger partial charge on any atom is 0.323 e. The number of furan rings is 1. The summed E-state index contributed by atoms with van der Waals surface area (Å²) >= 11 is 0. The Labute approximate surface area is 153 Å². The van der Waals surface area contributed by atoms with Crippen LogP contribution in [0.15, 0.2) is 53.2 Å². The van der Waals surface area contributed by atoms with E-state index in [4.69, 9.17) is 9.52 Å². The van der Waals surface area contributed by atoms with Crippen LogP contribution < -0.4 is 0 Å². The van der Waals surface area contributed by atoms with Gasteiger partial charge in [0.05, 0.1) is 23.4 Å². The summed E-state index contributed by atoms with van der Waals surface area (Å²) in [6.45, 7) is -0.522. The zero-order valence-electron chi connectivity index (χ0n) is 13.9. The smallest absolute Gasteiger partial charge is 0.323 e. The van der Waals surface area contributed by atoms with Crippen molar-refractivity contribution in [1.29, 1.82) is 0 Å². The van der Waals surface area contributed by atoms with E-state index in [1.165, 1.54) is 18.4 Å². The molecule has 8 heteroatoms. The van der Waals surface area contributed by atoms with Crippen molar-refractivity contribution < 1.29 is 28.7 Å². The molecular formula is C19H14N2O6. The van der Waals surface area contributed by atoms with Crippen LogP contribution >= 0.6 is 0 Å². The minimum Gasteiger partial charge on any atom is -0.480 e. The summed E-state index contributed by atoms with van der Waals surface area (Å²) in [5.74, 6) is -2.37. The van der Waals surface area contributed by atoms with Gasteiger partial charge in [0, 0.05) is 0 Å². The Bertz CT molecular complexity index is 943. The van der Waals surface area contributed by atoms with E-state index in [9.17, 15) is 19.2 Å². The predicted molar refractivity (Wildman–Crippen MR) is 91.6 cm³/mol. The molecule has 2 atom stereocenters. The van der Waals surface area contributed by atoms with Crippen LogP contribution in [-0.2, 0) is 9.59 Å². The highest BCUT2D eigenvalue weighted by Crippen LogP contribution is 2.33. The fourth-order valence-corrected chi connectivity index (χ4v) is 3.39. The number of imide groups is 1. The molecule has 2 aromatic rings. The number of carboxylic acid groups (broad SMARTS) is 1. The van der Waals surface area contributed by atoms with E-state index < -0.39 is 42.3 Å². The molecule has 0 spiro atoms. The summed E-state index contributed by atoms with van der Waals surface area (Å²) in [5.41, 5.74) is 0.474. The number of benzene rings is 1. The number of likely N-dealkylation sites (tertiary alicyclic amines) is 1. The minimum atomic E-state index is -1.18. The quantitative estimate of drug-likeness (QED) is 0.630. The maximum atomic E-state index is 12.7. The van der Waals surface area contributed by atoms with Crippen LogP contribution in [0.25, 0.3) is 6.08 Å². The molecule has 0 radical (unpaired) electrons. The molecule has 2 aliphatic heterocycles. The van der Waals surface area contributed by atoms with Gasteiger partial charge in [-0.05, 0) is 30.3 Å². The van der Waals surface area contributed by atoms with E-state index in [2.05, 4.69) is 0 Å². The first kappa shape index (κ1) is 16.8. The Morgan fingerprint density at radius 3 is 2.30 bits per heavy atom. The lowest BCUT2D eigenvalue weighted by Crippen LogP contribution is -2.71. The second kappa shape index (κ2) is 6.24. The maximum absolute atomic E-state index is 12.7. The molecule has 3 heterocycles. The Morgan fingerprint density at radius 1 is 1.07 bits per heavy atom. The lowest BCUT2D eigenvalue weighted by atomic mass is 9.92. The van der Waals surface area contributed by atoms with Gasteiger partial charge in [-0.3, -0.25) is 24.1 Å². The van der Waals surface area contributed by atoms with Crippen molar-refractivity contribution in [3.05, 3.63) is 65.6 Å². The summed E-state index contributed by atoms with van der Waals surface area (Å²) in [4.78, 5) is 51.0. The zero-order valence-corrected chi connectivity index (χ0v) is 13.9. The van der Waals surface area contributed by atoms with E-state index in [1.54, 1.807) is 36.4 Å². The largest absolute Gasteiger partial charge is 0.480 e. The third-order valence-corrected chi connectivity index (χ3v) is 4.63. The first-order chi connectivity index (χ1) is 13.0. The first-order valence-electron chi connectivity index (χ1n) is 8.20. The first-order valence-corrected chi connectivity index (χ1v) is 8.20. The molecule has 1 fully saturated rings. The van der Waals surface area contributed by atoms with Gasteiger partial charge in [0.2, 0.25) is 5.91 Å². The number of carbonyl (C=O) groups is 4. The van der Waals surface area contributed by atoms with Crippen molar-refractivity contribution in [2.75, 3.05) is 6.54 Å². The summed E-state index contributed by atoms with van der Waals surface area (Å²) in [7, 11) is 0. The van der Waals surface area contributed by atoms with Gasteiger partial charge in [0.25, 0.3) is 11.8 Å². The van der Waals surface area contributed by atoms with Gasteiger partial charge < -0.3 is 14.4 Å². The number of nitrogens with zero attached hydrogens (tertiary/aromatic N) is 2. The number of carbonyl (C=O) groups excluding carboxylic acids is 3. The molecule has 27 heavy (non-hydrogen) atoms. The Morgan fingerprint density at radius 2 is 1.74 bits per heavy atom. The Balaban J connectivity index is 1.66. The van der Waals surface area contributed by atoms with Crippen molar-refractivity contribution in [2.24, 2.45) is 0 Å². The van der Waals surface area contributed by atoms with Crippen molar-refractivity contribution >= 4 is 29.8 Å². The fourth-order valence-electron chi connectivity index (χ4n) is 3.39. The van der Waals surface area contributed by atoms with Gasteiger partial charge in [-0.2, -0.15) is 0 Å². The van der Waals surface area contributed by atoms with Crippen molar-refractivity contribution in [3.8, 4) is 0 Å². The number of hydrogen-bond acceptors (Lipinski definition) is 5. The van der Waals surface area contributed by atoms with E-state index >= 15 is 0 Å². The van der Waals surface area contributed by atoms with Crippen LogP contribution in [-0.4, -0.2) is 57.2 Å². The van der Waals surface area contributed by atoms with Crippen LogP contribution in [0.3, 0.4) is 0 Å². The molecule has 136 valence electrons. The lowest BCUT2D eigenvalue weighted by molar-refractivity contribution is -0.159. The van der Waals surface area contributed by atoms with Crippen molar-refractivity contribution in [1.82, 2.24) is 9.80 Å². The number of β-lactam (4-membered cyclic amide) rings is 1. The average Bonchev–Trinajstić information content (AvgIpc) is 3.25. The fraction of sp³-hybridized carbons (Fsp3) is 0.158. The van der Waals surface area contributed by atoms with Gasteiger partial charge in [-0.15, -0.1) is 0 Å². The van der Waals surface area contributed by atoms with E-state index in [0.717, 1.165) is 9.80 Å². The van der Waals surface area contributed by atoms with Crippen molar-refractivity contribution in [2.45, 2.75) is 12.1 Å². The van der Waals surface area contributed by atoms with Gasteiger partial charge in [-0.1, -0.05) is 18.2 Å². The molecule has 1 aromatic heterocycles. The molecule has 0 saturated carbocycles. The Hall–Kier alpha value is -3.68. The van der Waals surface area contributed by atoms with Crippen LogP contribution in [0, 0.1) is 0 Å². The normalized spacial score (nSPS) is 21.7. The lowest BCUT2D eigenvalue weighted by Gasteiger charge is -2.47. The highest BCUT2D eigenvalue weighted by Gasteiger charge is 2.55. The van der Waals surface area contributed by atoms with Gasteiger partial charge in [0.1, 0.15) is 18.3 Å². The predicted octanol–water partition coefficient (Wildman–Crippen LogP) is 1.25. The topological polar surface area (TPSA) is 108 Å². The average molecular weight is 366 g/mol. The van der Waals surface area contributed by atoms with Crippen LogP contribution in [0.2, 0.25) is 0 Å². The molecular weight excluding hydrogens is 352 g/mol. The van der Waals surface area contributed by atoms with Gasteiger partial charge in [-0.25, -0.2) is 0 Å².